The quantitative estimate of drug-likeness (QED) is 0.277. The van der Waals surface area contributed by atoms with Crippen LogP contribution < -0.4 is 0 Å². The van der Waals surface area contributed by atoms with Crippen molar-refractivity contribution in [3.05, 3.63) is 46.5 Å². The lowest BCUT2D eigenvalue weighted by atomic mass is 9.94. The van der Waals surface area contributed by atoms with Gasteiger partial charge in [-0.1, -0.05) is 0 Å². The van der Waals surface area contributed by atoms with Crippen molar-refractivity contribution >= 4 is 23.9 Å². The van der Waals surface area contributed by atoms with E-state index in [4.69, 9.17) is 5.11 Å². The fourth-order valence-electron chi connectivity index (χ4n) is 3.23. The Labute approximate surface area is 175 Å². The highest BCUT2D eigenvalue weighted by molar-refractivity contribution is 6.14. The summed E-state index contributed by atoms with van der Waals surface area (Å²) >= 11 is 0. The average molecular weight is 429 g/mol. The molecule has 162 valence electrons. The number of Topliss-reactive ketones (excluding diaryl/α,β-unsaturated/α-hetero) is 1. The number of aliphatic carboxylic acids is 1. The van der Waals surface area contributed by atoms with Crippen molar-refractivity contribution in [3.8, 4) is 34.5 Å². The molecule has 0 bridgehead atoms. The number of piperidine rings is 1. The lowest BCUT2D eigenvalue weighted by molar-refractivity contribution is -0.138. The minimum absolute atomic E-state index is 0.0308. The number of phenols is 6. The van der Waals surface area contributed by atoms with Gasteiger partial charge in [-0.3, -0.25) is 14.5 Å². The molecule has 3 rings (SSSR count). The van der Waals surface area contributed by atoms with E-state index in [-0.39, 0.29) is 41.9 Å². The van der Waals surface area contributed by atoms with Crippen molar-refractivity contribution in [2.45, 2.75) is 0 Å². The van der Waals surface area contributed by atoms with Crippen molar-refractivity contribution in [2.24, 2.45) is 0 Å². The summed E-state index contributed by atoms with van der Waals surface area (Å²) in [6.07, 6.45) is 2.68. The number of hydrogen-bond donors (Lipinski definition) is 7. The third-order valence-corrected chi connectivity index (χ3v) is 4.60. The molecule has 0 spiro atoms. The number of ketones is 1. The second kappa shape index (κ2) is 8.28. The number of phenolic OH excluding ortho intramolecular Hbond substituents is 6. The number of carbonyl (C=O) groups is 2. The molecule has 1 heterocycles. The van der Waals surface area contributed by atoms with Crippen LogP contribution in [0.4, 0.5) is 0 Å². The Morgan fingerprint density at radius 1 is 0.774 bits per heavy atom. The molecule has 0 aliphatic carbocycles. The molecule has 31 heavy (non-hydrogen) atoms. The largest absolute Gasteiger partial charge is 0.504 e. The molecule has 0 amide bonds. The van der Waals surface area contributed by atoms with Crippen LogP contribution in [-0.2, 0) is 9.59 Å². The maximum atomic E-state index is 13.0. The number of hydrogen-bond acceptors (Lipinski definition) is 9. The average Bonchev–Trinajstić information content (AvgIpc) is 2.67. The molecule has 2 aromatic rings. The zero-order chi connectivity index (χ0) is 22.9. The first-order valence-corrected chi connectivity index (χ1v) is 8.95. The molecule has 1 fully saturated rings. The van der Waals surface area contributed by atoms with Crippen LogP contribution in [0, 0.1) is 0 Å². The van der Waals surface area contributed by atoms with Gasteiger partial charge in [-0.25, -0.2) is 0 Å². The summed E-state index contributed by atoms with van der Waals surface area (Å²) in [5, 5.41) is 66.8. The second-order valence-electron chi connectivity index (χ2n) is 7.02. The predicted molar refractivity (Wildman–Crippen MR) is 108 cm³/mol. The minimum atomic E-state index is -1.12. The smallest absolute Gasteiger partial charge is 0.317 e. The standard InChI is InChI=1S/C21H19NO9/c23-14-3-10(4-15(24)20(14)30)1-12-7-22(9-18(27)28)8-13(19(12)29)2-11-5-16(25)21(31)17(26)6-11/h1-6,23-26,30-31H,7-9H2,(H,27,28)/b12-1+,13-2+. The summed E-state index contributed by atoms with van der Waals surface area (Å²) in [5.74, 6) is -5.37. The van der Waals surface area contributed by atoms with Crippen LogP contribution in [0.15, 0.2) is 35.4 Å². The van der Waals surface area contributed by atoms with Gasteiger partial charge in [0.25, 0.3) is 0 Å². The van der Waals surface area contributed by atoms with Gasteiger partial charge >= 0.3 is 5.97 Å². The molecule has 7 N–H and O–H groups in total. The number of benzene rings is 2. The highest BCUT2D eigenvalue weighted by Crippen LogP contribution is 2.37. The first-order valence-electron chi connectivity index (χ1n) is 8.95. The molecule has 1 saturated heterocycles. The maximum absolute atomic E-state index is 13.0. The molecule has 10 nitrogen and oxygen atoms in total. The number of rotatable bonds is 4. The summed E-state index contributed by atoms with van der Waals surface area (Å²) in [6, 6.07) is 4.52. The van der Waals surface area contributed by atoms with Crippen LogP contribution in [0.2, 0.25) is 0 Å². The molecule has 0 saturated carbocycles. The topological polar surface area (TPSA) is 179 Å². The molecule has 0 radical (unpaired) electrons. The minimum Gasteiger partial charge on any atom is -0.504 e. The van der Waals surface area contributed by atoms with E-state index in [9.17, 15) is 40.2 Å². The van der Waals surface area contributed by atoms with Crippen molar-refractivity contribution in [1.82, 2.24) is 4.90 Å². The van der Waals surface area contributed by atoms with Crippen molar-refractivity contribution < 1.29 is 45.3 Å². The van der Waals surface area contributed by atoms with Gasteiger partial charge in [0.1, 0.15) is 0 Å². The number of nitrogens with zero attached hydrogens (tertiary/aromatic N) is 1. The first kappa shape index (κ1) is 21.5. The third kappa shape index (κ3) is 4.70. The van der Waals surface area contributed by atoms with E-state index in [1.807, 2.05) is 0 Å². The molecule has 10 heteroatoms. The molecule has 1 aliphatic rings. The number of likely N-dealkylation sites (tertiary alicyclic amines) is 1. The van der Waals surface area contributed by atoms with E-state index in [0.29, 0.717) is 0 Å². The molecular formula is C21H19NO9. The van der Waals surface area contributed by atoms with Gasteiger partial charge in [0.2, 0.25) is 0 Å². The highest BCUT2D eigenvalue weighted by Gasteiger charge is 2.27. The molecule has 2 aromatic carbocycles. The zero-order valence-electron chi connectivity index (χ0n) is 16.0. The van der Waals surface area contributed by atoms with Gasteiger partial charge in [-0.05, 0) is 47.5 Å². The molecular weight excluding hydrogens is 410 g/mol. The fourth-order valence-corrected chi connectivity index (χ4v) is 3.23. The van der Waals surface area contributed by atoms with E-state index in [2.05, 4.69) is 0 Å². The van der Waals surface area contributed by atoms with E-state index in [0.717, 1.165) is 24.3 Å². The van der Waals surface area contributed by atoms with Crippen molar-refractivity contribution in [2.75, 3.05) is 19.6 Å². The number of carboxylic acids is 1. The Morgan fingerprint density at radius 3 is 1.45 bits per heavy atom. The molecule has 0 atom stereocenters. The maximum Gasteiger partial charge on any atom is 0.317 e. The summed E-state index contributed by atoms with van der Waals surface area (Å²) in [4.78, 5) is 25.6. The van der Waals surface area contributed by atoms with Crippen LogP contribution in [0.5, 0.6) is 34.5 Å². The van der Waals surface area contributed by atoms with Crippen LogP contribution >= 0.6 is 0 Å². The zero-order valence-corrected chi connectivity index (χ0v) is 16.0. The Morgan fingerprint density at radius 2 is 1.13 bits per heavy atom. The van der Waals surface area contributed by atoms with Crippen molar-refractivity contribution in [1.29, 1.82) is 0 Å². The van der Waals surface area contributed by atoms with Crippen LogP contribution in [0.3, 0.4) is 0 Å². The SMILES string of the molecule is O=C(O)CN1C/C(=C\c2cc(O)c(O)c(O)c2)C(=O)/C(=C/c2cc(O)c(O)c(O)c2)C1. The van der Waals surface area contributed by atoms with E-state index in [1.54, 1.807) is 0 Å². The van der Waals surface area contributed by atoms with Gasteiger partial charge in [0.15, 0.2) is 40.3 Å². The number of carboxylic acid groups (broad SMARTS) is 1. The Bertz CT molecular complexity index is 1010. The third-order valence-electron chi connectivity index (χ3n) is 4.60. The molecule has 0 unspecified atom stereocenters. The normalized spacial score (nSPS) is 17.4. The molecule has 1 aliphatic heterocycles. The van der Waals surface area contributed by atoms with Gasteiger partial charge in [-0.2, -0.15) is 0 Å². The Balaban J connectivity index is 2.04. The van der Waals surface area contributed by atoms with E-state index < -0.39 is 46.2 Å². The highest BCUT2D eigenvalue weighted by atomic mass is 16.4. The van der Waals surface area contributed by atoms with Crippen LogP contribution in [0.1, 0.15) is 11.1 Å². The number of carbonyl (C=O) groups excluding carboxylic acids is 1. The second-order valence-corrected chi connectivity index (χ2v) is 7.02. The van der Waals surface area contributed by atoms with Gasteiger partial charge in [0, 0.05) is 24.2 Å². The number of aromatic hydroxyl groups is 6. The summed E-state index contributed by atoms with van der Waals surface area (Å²) < 4.78 is 0. The van der Waals surface area contributed by atoms with Gasteiger partial charge in [0.05, 0.1) is 6.54 Å². The Hall–Kier alpha value is -4.18. The van der Waals surface area contributed by atoms with Gasteiger partial charge < -0.3 is 35.7 Å². The predicted octanol–water partition coefficient (Wildman–Crippen LogP) is 1.36. The molecule has 0 aromatic heterocycles. The Kier molecular flexibility index (Phi) is 5.75. The van der Waals surface area contributed by atoms with Crippen molar-refractivity contribution in [3.63, 3.8) is 0 Å². The van der Waals surface area contributed by atoms with Crippen LogP contribution in [0.25, 0.3) is 12.2 Å². The summed E-state index contributed by atoms with van der Waals surface area (Å²) in [7, 11) is 0. The van der Waals surface area contributed by atoms with E-state index >= 15 is 0 Å². The van der Waals surface area contributed by atoms with Gasteiger partial charge in [-0.15, -0.1) is 0 Å². The van der Waals surface area contributed by atoms with Crippen LogP contribution in [-0.4, -0.2) is 72.0 Å². The lowest BCUT2D eigenvalue weighted by Gasteiger charge is -2.28. The summed E-state index contributed by atoms with van der Waals surface area (Å²) in [6.45, 7) is -0.436. The lowest BCUT2D eigenvalue weighted by Crippen LogP contribution is -2.40. The monoisotopic (exact) mass is 429 g/mol. The summed E-state index contributed by atoms with van der Waals surface area (Å²) in [5.41, 5.74) is 0.700. The van der Waals surface area contributed by atoms with E-state index in [1.165, 1.54) is 17.1 Å². The first-order chi connectivity index (χ1) is 14.5. The fraction of sp³-hybridized carbons (Fsp3) is 0.143.